The summed E-state index contributed by atoms with van der Waals surface area (Å²) in [5.41, 5.74) is 0.654. The van der Waals surface area contributed by atoms with Crippen LogP contribution >= 0.6 is 23.4 Å². The molecule has 0 aliphatic heterocycles. The molecule has 0 atom stereocenters. The van der Waals surface area contributed by atoms with Gasteiger partial charge in [-0.25, -0.2) is 4.39 Å². The molecule has 8 nitrogen and oxygen atoms in total. The second-order valence-electron chi connectivity index (χ2n) is 5.15. The minimum atomic E-state index is -0.580. The number of anilines is 1. The largest absolute Gasteiger partial charge is 0.411 e. The molecule has 0 spiro atoms. The molecule has 0 fully saturated rings. The summed E-state index contributed by atoms with van der Waals surface area (Å²) in [6.45, 7) is 0. The van der Waals surface area contributed by atoms with Crippen LogP contribution in [-0.4, -0.2) is 26.8 Å². The van der Waals surface area contributed by atoms with Crippen molar-refractivity contribution in [3.8, 4) is 11.5 Å². The fourth-order valence-corrected chi connectivity index (χ4v) is 2.78. The molecule has 0 saturated heterocycles. The van der Waals surface area contributed by atoms with Gasteiger partial charge >= 0.3 is 0 Å². The van der Waals surface area contributed by atoms with Gasteiger partial charge in [0.25, 0.3) is 10.9 Å². The molecule has 0 aliphatic carbocycles. The van der Waals surface area contributed by atoms with Gasteiger partial charge in [0, 0.05) is 23.4 Å². The Bertz CT molecular complexity index is 1010. The van der Waals surface area contributed by atoms with E-state index in [1.54, 1.807) is 6.07 Å². The Hall–Kier alpha value is -2.98. The van der Waals surface area contributed by atoms with Crippen LogP contribution in [0.3, 0.4) is 0 Å². The second kappa shape index (κ2) is 8.14. The number of halogens is 2. The summed E-state index contributed by atoms with van der Waals surface area (Å²) in [4.78, 5) is 22.2. The standard InChI is InChI=1S/C16H10ClFN4O4S/c17-12-7-10(4-5-13(12)18)19-14(23)8-27-16-21-20-15(26-16)9-2-1-3-11(6-9)22(24)25/h1-7H,8H2,(H,19,23). The summed E-state index contributed by atoms with van der Waals surface area (Å²) in [6.07, 6.45) is 0. The first kappa shape index (κ1) is 18.8. The van der Waals surface area contributed by atoms with Gasteiger partial charge in [-0.3, -0.25) is 14.9 Å². The maximum atomic E-state index is 13.1. The number of carbonyl (C=O) groups excluding carboxylic acids is 1. The van der Waals surface area contributed by atoms with E-state index in [2.05, 4.69) is 15.5 Å². The summed E-state index contributed by atoms with van der Waals surface area (Å²) in [6, 6.07) is 9.60. The van der Waals surface area contributed by atoms with Gasteiger partial charge in [0.2, 0.25) is 11.8 Å². The van der Waals surface area contributed by atoms with Gasteiger partial charge in [0.1, 0.15) is 5.82 Å². The first-order valence-electron chi connectivity index (χ1n) is 7.38. The monoisotopic (exact) mass is 408 g/mol. The maximum absolute atomic E-state index is 13.1. The Morgan fingerprint density at radius 2 is 2.11 bits per heavy atom. The lowest BCUT2D eigenvalue weighted by Crippen LogP contribution is -2.14. The smallest absolute Gasteiger partial charge is 0.277 e. The number of nitrogens with one attached hydrogen (secondary N) is 1. The molecule has 3 aromatic rings. The van der Waals surface area contributed by atoms with E-state index in [1.807, 2.05) is 0 Å². The Morgan fingerprint density at radius 1 is 1.30 bits per heavy atom. The third-order valence-corrected chi connectivity index (χ3v) is 4.35. The molecule has 1 heterocycles. The van der Waals surface area contributed by atoms with E-state index in [4.69, 9.17) is 16.0 Å². The molecular weight excluding hydrogens is 399 g/mol. The lowest BCUT2D eigenvalue weighted by atomic mass is 10.2. The minimum Gasteiger partial charge on any atom is -0.411 e. The van der Waals surface area contributed by atoms with Crippen molar-refractivity contribution in [2.45, 2.75) is 5.22 Å². The molecule has 1 N–H and O–H groups in total. The first-order valence-corrected chi connectivity index (χ1v) is 8.75. The minimum absolute atomic E-state index is 0.0361. The number of rotatable bonds is 6. The Balaban J connectivity index is 1.60. The molecule has 11 heteroatoms. The van der Waals surface area contributed by atoms with Crippen LogP contribution in [0.4, 0.5) is 15.8 Å². The summed E-state index contributed by atoms with van der Waals surface area (Å²) < 4.78 is 18.5. The van der Waals surface area contributed by atoms with Gasteiger partial charge in [-0.15, -0.1) is 10.2 Å². The van der Waals surface area contributed by atoms with Gasteiger partial charge in [0.05, 0.1) is 15.7 Å². The van der Waals surface area contributed by atoms with Crippen molar-refractivity contribution in [2.75, 3.05) is 11.1 Å². The van der Waals surface area contributed by atoms with Gasteiger partial charge < -0.3 is 9.73 Å². The first-order chi connectivity index (χ1) is 12.9. The molecule has 2 aromatic carbocycles. The number of amides is 1. The van der Waals surface area contributed by atoms with Crippen molar-refractivity contribution in [2.24, 2.45) is 0 Å². The fourth-order valence-electron chi connectivity index (χ4n) is 2.04. The van der Waals surface area contributed by atoms with Crippen molar-refractivity contribution < 1.29 is 18.5 Å². The van der Waals surface area contributed by atoms with Crippen molar-refractivity contribution in [1.29, 1.82) is 0 Å². The number of nitro groups is 1. The van der Waals surface area contributed by atoms with Crippen LogP contribution in [-0.2, 0) is 4.79 Å². The number of carbonyl (C=O) groups is 1. The fraction of sp³-hybridized carbons (Fsp3) is 0.0625. The van der Waals surface area contributed by atoms with Gasteiger partial charge in [0.15, 0.2) is 0 Å². The van der Waals surface area contributed by atoms with E-state index in [0.29, 0.717) is 11.3 Å². The van der Waals surface area contributed by atoms with Crippen LogP contribution in [0.2, 0.25) is 5.02 Å². The normalized spacial score (nSPS) is 10.6. The van der Waals surface area contributed by atoms with E-state index >= 15 is 0 Å². The summed E-state index contributed by atoms with van der Waals surface area (Å²) in [5, 5.41) is 21.0. The number of benzene rings is 2. The van der Waals surface area contributed by atoms with Crippen molar-refractivity contribution in [3.05, 3.63) is 63.4 Å². The van der Waals surface area contributed by atoms with Crippen molar-refractivity contribution in [1.82, 2.24) is 10.2 Å². The quantitative estimate of drug-likeness (QED) is 0.370. The third kappa shape index (κ3) is 4.80. The molecule has 0 unspecified atom stereocenters. The molecule has 1 amide bonds. The van der Waals surface area contributed by atoms with Crippen molar-refractivity contribution >= 4 is 40.6 Å². The molecule has 27 heavy (non-hydrogen) atoms. The zero-order valence-electron chi connectivity index (χ0n) is 13.4. The van der Waals surface area contributed by atoms with Crippen LogP contribution in [0.15, 0.2) is 52.1 Å². The predicted octanol–water partition coefficient (Wildman–Crippen LogP) is 4.17. The highest BCUT2D eigenvalue weighted by molar-refractivity contribution is 7.99. The number of non-ortho nitro benzene ring substituents is 1. The molecule has 0 bridgehead atoms. The van der Waals surface area contributed by atoms with Crippen LogP contribution in [0.1, 0.15) is 0 Å². The molecule has 3 rings (SSSR count). The summed E-state index contributed by atoms with van der Waals surface area (Å²) in [5.74, 6) is -0.890. The van der Waals surface area contributed by atoms with E-state index in [-0.39, 0.29) is 33.5 Å². The Labute approximate surface area is 160 Å². The zero-order chi connectivity index (χ0) is 19.4. The topological polar surface area (TPSA) is 111 Å². The maximum Gasteiger partial charge on any atom is 0.277 e. The van der Waals surface area contributed by atoms with Gasteiger partial charge in [-0.2, -0.15) is 0 Å². The number of hydrogen-bond donors (Lipinski definition) is 1. The van der Waals surface area contributed by atoms with E-state index in [0.717, 1.165) is 17.8 Å². The van der Waals surface area contributed by atoms with Crippen molar-refractivity contribution in [3.63, 3.8) is 0 Å². The van der Waals surface area contributed by atoms with Gasteiger partial charge in [-0.1, -0.05) is 29.4 Å². The van der Waals surface area contributed by atoms with Gasteiger partial charge in [-0.05, 0) is 24.3 Å². The lowest BCUT2D eigenvalue weighted by molar-refractivity contribution is -0.384. The summed E-state index contributed by atoms with van der Waals surface area (Å²) >= 11 is 6.64. The second-order valence-corrected chi connectivity index (χ2v) is 6.48. The number of nitrogens with zero attached hydrogens (tertiary/aromatic N) is 3. The number of thioether (sulfide) groups is 1. The average Bonchev–Trinajstić information content (AvgIpc) is 3.12. The Kier molecular flexibility index (Phi) is 5.67. The van der Waals surface area contributed by atoms with Crippen LogP contribution in [0, 0.1) is 15.9 Å². The van der Waals surface area contributed by atoms with Crippen LogP contribution in [0.25, 0.3) is 11.5 Å². The van der Waals surface area contributed by atoms with E-state index in [9.17, 15) is 19.3 Å². The number of hydrogen-bond acceptors (Lipinski definition) is 7. The zero-order valence-corrected chi connectivity index (χ0v) is 15.0. The van der Waals surface area contributed by atoms with E-state index < -0.39 is 10.7 Å². The third-order valence-electron chi connectivity index (χ3n) is 3.24. The van der Waals surface area contributed by atoms with Crippen LogP contribution in [0.5, 0.6) is 0 Å². The molecule has 0 radical (unpaired) electrons. The number of aromatic nitrogens is 2. The highest BCUT2D eigenvalue weighted by atomic mass is 35.5. The van der Waals surface area contributed by atoms with E-state index in [1.165, 1.54) is 30.3 Å². The molecule has 0 aliphatic rings. The number of nitro benzene ring substituents is 1. The van der Waals surface area contributed by atoms with Crippen LogP contribution < -0.4 is 5.32 Å². The molecule has 138 valence electrons. The predicted molar refractivity (Wildman–Crippen MR) is 97.2 cm³/mol. The molecule has 1 aromatic heterocycles. The SMILES string of the molecule is O=C(CSc1nnc(-c2cccc([N+](=O)[O-])c2)o1)Nc1ccc(F)c(Cl)c1. The molecule has 0 saturated carbocycles. The highest BCUT2D eigenvalue weighted by Gasteiger charge is 2.14. The molecular formula is C16H10ClFN4O4S. The highest BCUT2D eigenvalue weighted by Crippen LogP contribution is 2.26. The Morgan fingerprint density at radius 3 is 2.85 bits per heavy atom. The summed E-state index contributed by atoms with van der Waals surface area (Å²) in [7, 11) is 0. The lowest BCUT2D eigenvalue weighted by Gasteiger charge is -2.04. The average molecular weight is 409 g/mol.